The molecule has 21 heavy (non-hydrogen) atoms. The predicted octanol–water partition coefficient (Wildman–Crippen LogP) is 1.50. The zero-order valence-corrected chi connectivity index (χ0v) is 11.5. The van der Waals surface area contributed by atoms with Crippen molar-refractivity contribution in [2.24, 2.45) is 0 Å². The summed E-state index contributed by atoms with van der Waals surface area (Å²) in [7, 11) is 0. The number of nitrogens with one attached hydrogen (secondary N) is 1. The molecule has 5 heteroatoms. The maximum Gasteiger partial charge on any atom is 0.258 e. The summed E-state index contributed by atoms with van der Waals surface area (Å²) in [6, 6.07) is 16.0. The Labute approximate surface area is 123 Å². The number of ether oxygens (including phenoxy) is 1. The van der Waals surface area contributed by atoms with Gasteiger partial charge in [0.25, 0.3) is 5.91 Å². The van der Waals surface area contributed by atoms with Crippen molar-refractivity contribution in [3.8, 4) is 5.75 Å². The van der Waals surface area contributed by atoms with Crippen LogP contribution < -0.4 is 15.8 Å². The molecule has 2 aromatic rings. The van der Waals surface area contributed by atoms with E-state index in [1.165, 1.54) is 0 Å². The summed E-state index contributed by atoms with van der Waals surface area (Å²) in [6.07, 6.45) is -0.772. The molecular formula is C16H18N2O3. The molecule has 0 saturated carbocycles. The van der Waals surface area contributed by atoms with Gasteiger partial charge in [-0.25, -0.2) is 0 Å². The second kappa shape index (κ2) is 7.31. The summed E-state index contributed by atoms with van der Waals surface area (Å²) in [5.74, 6) is 0.347. The first kappa shape index (κ1) is 14.9. The van der Waals surface area contributed by atoms with Gasteiger partial charge in [-0.05, 0) is 29.8 Å². The Morgan fingerprint density at radius 3 is 2.48 bits per heavy atom. The molecule has 110 valence electrons. The minimum Gasteiger partial charge on any atom is -0.484 e. The van der Waals surface area contributed by atoms with Gasteiger partial charge >= 0.3 is 0 Å². The lowest BCUT2D eigenvalue weighted by Gasteiger charge is -2.13. The van der Waals surface area contributed by atoms with Gasteiger partial charge < -0.3 is 20.9 Å². The molecule has 0 fully saturated rings. The van der Waals surface area contributed by atoms with Gasteiger partial charge in [0.1, 0.15) is 5.75 Å². The summed E-state index contributed by atoms with van der Waals surface area (Å²) >= 11 is 0. The fourth-order valence-corrected chi connectivity index (χ4v) is 1.76. The normalized spacial score (nSPS) is 11.7. The number of aliphatic hydroxyl groups excluding tert-OH is 1. The number of amides is 1. The van der Waals surface area contributed by atoms with Crippen LogP contribution in [-0.2, 0) is 4.79 Å². The standard InChI is InChI=1S/C16H18N2O3/c17-13-8-6-12(7-9-13)15(19)10-18-16(20)11-21-14-4-2-1-3-5-14/h1-9,15,19H,10-11,17H2,(H,18,20). The number of anilines is 1. The number of carbonyl (C=O) groups is 1. The number of nitrogens with two attached hydrogens (primary N) is 1. The third-order valence-electron chi connectivity index (χ3n) is 2.93. The third kappa shape index (κ3) is 4.81. The predicted molar refractivity (Wildman–Crippen MR) is 80.8 cm³/mol. The molecule has 0 heterocycles. The molecule has 1 amide bonds. The summed E-state index contributed by atoms with van der Waals surface area (Å²) in [5, 5.41) is 12.6. The summed E-state index contributed by atoms with van der Waals surface area (Å²) in [5.41, 5.74) is 6.91. The molecule has 5 nitrogen and oxygen atoms in total. The van der Waals surface area contributed by atoms with Crippen molar-refractivity contribution in [3.63, 3.8) is 0 Å². The average Bonchev–Trinajstić information content (AvgIpc) is 2.52. The van der Waals surface area contributed by atoms with Crippen LogP contribution in [0.3, 0.4) is 0 Å². The summed E-state index contributed by atoms with van der Waals surface area (Å²) in [6.45, 7) is 0.0410. The number of benzene rings is 2. The van der Waals surface area contributed by atoms with E-state index >= 15 is 0 Å². The third-order valence-corrected chi connectivity index (χ3v) is 2.93. The first-order chi connectivity index (χ1) is 10.1. The molecule has 2 aromatic carbocycles. The Kier molecular flexibility index (Phi) is 5.17. The topological polar surface area (TPSA) is 84.6 Å². The minimum absolute atomic E-state index is 0.0849. The van der Waals surface area contributed by atoms with E-state index in [0.717, 1.165) is 0 Å². The van der Waals surface area contributed by atoms with Crippen molar-refractivity contribution in [2.45, 2.75) is 6.10 Å². The lowest BCUT2D eigenvalue weighted by Crippen LogP contribution is -2.32. The van der Waals surface area contributed by atoms with Crippen molar-refractivity contribution in [2.75, 3.05) is 18.9 Å². The Balaban J connectivity index is 1.74. The van der Waals surface area contributed by atoms with Crippen LogP contribution in [0.2, 0.25) is 0 Å². The van der Waals surface area contributed by atoms with Gasteiger partial charge in [-0.2, -0.15) is 0 Å². The van der Waals surface area contributed by atoms with Gasteiger partial charge in [-0.1, -0.05) is 30.3 Å². The zero-order valence-electron chi connectivity index (χ0n) is 11.5. The van der Waals surface area contributed by atoms with Crippen LogP contribution in [0, 0.1) is 0 Å². The van der Waals surface area contributed by atoms with E-state index in [0.29, 0.717) is 17.0 Å². The first-order valence-electron chi connectivity index (χ1n) is 6.63. The SMILES string of the molecule is Nc1ccc(C(O)CNC(=O)COc2ccccc2)cc1. The van der Waals surface area contributed by atoms with E-state index < -0.39 is 6.10 Å². The van der Waals surface area contributed by atoms with E-state index in [-0.39, 0.29) is 19.1 Å². The number of hydrogen-bond acceptors (Lipinski definition) is 4. The second-order valence-corrected chi connectivity index (χ2v) is 4.59. The molecule has 0 aliphatic carbocycles. The van der Waals surface area contributed by atoms with Gasteiger partial charge in [-0.15, -0.1) is 0 Å². The fraction of sp³-hybridized carbons (Fsp3) is 0.188. The van der Waals surface area contributed by atoms with Gasteiger partial charge in [0, 0.05) is 12.2 Å². The van der Waals surface area contributed by atoms with Crippen molar-refractivity contribution in [1.29, 1.82) is 0 Å². The van der Waals surface area contributed by atoms with Crippen LogP contribution in [0.4, 0.5) is 5.69 Å². The monoisotopic (exact) mass is 286 g/mol. The lowest BCUT2D eigenvalue weighted by molar-refractivity contribution is -0.123. The Bertz CT molecular complexity index is 570. The lowest BCUT2D eigenvalue weighted by atomic mass is 10.1. The number of aliphatic hydroxyl groups is 1. The van der Waals surface area contributed by atoms with E-state index in [1.54, 1.807) is 36.4 Å². The molecule has 0 spiro atoms. The van der Waals surface area contributed by atoms with Crippen LogP contribution in [0.25, 0.3) is 0 Å². The molecule has 0 aliphatic heterocycles. The second-order valence-electron chi connectivity index (χ2n) is 4.59. The fourth-order valence-electron chi connectivity index (χ4n) is 1.76. The van der Waals surface area contributed by atoms with Crippen molar-refractivity contribution in [1.82, 2.24) is 5.32 Å². The smallest absolute Gasteiger partial charge is 0.258 e. The van der Waals surface area contributed by atoms with E-state index in [9.17, 15) is 9.90 Å². The highest BCUT2D eigenvalue weighted by Gasteiger charge is 2.09. The number of rotatable bonds is 6. The first-order valence-corrected chi connectivity index (χ1v) is 6.63. The molecule has 0 aliphatic rings. The Morgan fingerprint density at radius 2 is 1.81 bits per heavy atom. The number of nitrogen functional groups attached to an aromatic ring is 1. The highest BCUT2D eigenvalue weighted by atomic mass is 16.5. The number of carbonyl (C=O) groups excluding carboxylic acids is 1. The maximum atomic E-state index is 11.6. The van der Waals surface area contributed by atoms with E-state index in [2.05, 4.69) is 5.32 Å². The highest BCUT2D eigenvalue weighted by molar-refractivity contribution is 5.77. The van der Waals surface area contributed by atoms with Crippen LogP contribution >= 0.6 is 0 Å². The van der Waals surface area contributed by atoms with Crippen LogP contribution in [0.1, 0.15) is 11.7 Å². The summed E-state index contributed by atoms with van der Waals surface area (Å²) in [4.78, 5) is 11.6. The van der Waals surface area contributed by atoms with Crippen molar-refractivity contribution >= 4 is 11.6 Å². The zero-order chi connectivity index (χ0) is 15.1. The average molecular weight is 286 g/mol. The van der Waals surface area contributed by atoms with Gasteiger partial charge in [0.05, 0.1) is 6.10 Å². The molecule has 1 atom stereocenters. The Morgan fingerprint density at radius 1 is 1.14 bits per heavy atom. The Hall–Kier alpha value is -2.53. The molecule has 0 bridgehead atoms. The molecular weight excluding hydrogens is 268 g/mol. The van der Waals surface area contributed by atoms with Crippen molar-refractivity contribution < 1.29 is 14.6 Å². The maximum absolute atomic E-state index is 11.6. The van der Waals surface area contributed by atoms with Crippen LogP contribution in [0.5, 0.6) is 5.75 Å². The largest absolute Gasteiger partial charge is 0.484 e. The molecule has 4 N–H and O–H groups in total. The molecule has 0 radical (unpaired) electrons. The van der Waals surface area contributed by atoms with Crippen molar-refractivity contribution in [3.05, 3.63) is 60.2 Å². The number of hydrogen-bond donors (Lipinski definition) is 3. The van der Waals surface area contributed by atoms with Crippen LogP contribution in [-0.4, -0.2) is 24.2 Å². The van der Waals surface area contributed by atoms with Gasteiger partial charge in [0.2, 0.25) is 0 Å². The summed E-state index contributed by atoms with van der Waals surface area (Å²) < 4.78 is 5.31. The highest BCUT2D eigenvalue weighted by Crippen LogP contribution is 2.13. The van der Waals surface area contributed by atoms with E-state index in [4.69, 9.17) is 10.5 Å². The molecule has 1 unspecified atom stereocenters. The van der Waals surface area contributed by atoms with Crippen LogP contribution in [0.15, 0.2) is 54.6 Å². The molecule has 0 saturated heterocycles. The van der Waals surface area contributed by atoms with Gasteiger partial charge in [-0.3, -0.25) is 4.79 Å². The minimum atomic E-state index is -0.772. The number of para-hydroxylation sites is 1. The molecule has 0 aromatic heterocycles. The quantitative estimate of drug-likeness (QED) is 0.703. The molecule has 2 rings (SSSR count). The van der Waals surface area contributed by atoms with E-state index in [1.807, 2.05) is 18.2 Å². The van der Waals surface area contributed by atoms with Gasteiger partial charge in [0.15, 0.2) is 6.61 Å².